The second kappa shape index (κ2) is 12.2. The summed E-state index contributed by atoms with van der Waals surface area (Å²) in [5.41, 5.74) is 4.77. The van der Waals surface area contributed by atoms with Gasteiger partial charge in [-0.3, -0.25) is 15.0 Å². The predicted molar refractivity (Wildman–Crippen MR) is 151 cm³/mol. The van der Waals surface area contributed by atoms with Crippen LogP contribution in [0.4, 0.5) is 11.4 Å². The normalized spacial score (nSPS) is 11.6. The topological polar surface area (TPSA) is 116 Å². The molecule has 3 rings (SSSR count). The summed E-state index contributed by atoms with van der Waals surface area (Å²) in [6.45, 7) is 0. The van der Waals surface area contributed by atoms with Crippen LogP contribution in [0.15, 0.2) is 54.6 Å². The Morgan fingerprint density at radius 2 is 1.62 bits per heavy atom. The number of phenols is 1. The van der Waals surface area contributed by atoms with E-state index in [0.717, 1.165) is 5.56 Å². The number of benzene rings is 3. The fourth-order valence-electron chi connectivity index (χ4n) is 3.25. The summed E-state index contributed by atoms with van der Waals surface area (Å²) >= 11 is 16.6. The molecule has 0 aliphatic rings. The monoisotopic (exact) mass is 724 g/mol. The smallest absolute Gasteiger partial charge is 0.256 e. The van der Waals surface area contributed by atoms with E-state index in [2.05, 4.69) is 16.1 Å². The molecule has 3 aromatic rings. The van der Waals surface area contributed by atoms with E-state index in [9.17, 15) is 14.7 Å². The summed E-state index contributed by atoms with van der Waals surface area (Å²) in [6.07, 6.45) is 0.209. The van der Waals surface area contributed by atoms with Crippen LogP contribution in [0.3, 0.4) is 0 Å². The molecule has 0 unspecified atom stereocenters. The fraction of sp³-hybridized carbons (Fsp3) is 0.130. The number of amides is 2. The molecular formula is C23H20Cl2I2N4O3. The molecule has 0 radical (unpaired) electrons. The number of phenolic OH excluding ortho intramolecular Hbond substituents is 1. The molecule has 0 heterocycles. The van der Waals surface area contributed by atoms with Gasteiger partial charge < -0.3 is 15.7 Å². The number of para-hydroxylation sites is 2. The van der Waals surface area contributed by atoms with Gasteiger partial charge in [-0.05, 0) is 86.6 Å². The molecule has 0 aliphatic carbocycles. The first-order valence-electron chi connectivity index (χ1n) is 9.95. The number of halogens is 4. The Morgan fingerprint density at radius 3 is 2.24 bits per heavy atom. The van der Waals surface area contributed by atoms with Crippen LogP contribution < -0.4 is 21.9 Å². The van der Waals surface area contributed by atoms with Gasteiger partial charge in [0.25, 0.3) is 5.91 Å². The molecule has 34 heavy (non-hydrogen) atoms. The van der Waals surface area contributed by atoms with Crippen LogP contribution >= 0.6 is 68.4 Å². The van der Waals surface area contributed by atoms with Crippen molar-refractivity contribution in [3.05, 3.63) is 82.9 Å². The highest BCUT2D eigenvalue weighted by Crippen LogP contribution is 2.33. The first-order valence-corrected chi connectivity index (χ1v) is 12.9. The van der Waals surface area contributed by atoms with Crippen LogP contribution in [0, 0.1) is 7.14 Å². The number of hydrazine groups is 1. The Bertz CT molecular complexity index is 1180. The second-order valence-corrected chi connectivity index (χ2v) is 10.4. The lowest BCUT2D eigenvalue weighted by Crippen LogP contribution is -2.50. The maximum atomic E-state index is 12.9. The standard InChI is InChI=1S/C23H20Cl2I2N4O3/c24-14-5-3-6-15(25)21(14)30-18-7-2-1-4-13(18)11-20(32)29-19(23(34)31-28)10-12-8-16(26)22(33)17(27)9-12/h1-9,19,30,33H,10-11,28H2,(H,29,32)(H,31,34)/t19-/m0/s1. The SMILES string of the molecule is NNC(=O)[C@H](Cc1cc(I)c(O)c(I)c1)NC(=O)Cc1ccccc1Nc1c(Cl)cccc1Cl. The summed E-state index contributed by atoms with van der Waals surface area (Å²) in [6, 6.07) is 15.0. The van der Waals surface area contributed by atoms with Gasteiger partial charge in [0.1, 0.15) is 11.8 Å². The third kappa shape index (κ3) is 6.87. The molecule has 11 heteroatoms. The molecule has 0 saturated carbocycles. The van der Waals surface area contributed by atoms with Crippen molar-refractivity contribution in [3.8, 4) is 5.75 Å². The van der Waals surface area contributed by atoms with Crippen molar-refractivity contribution in [3.63, 3.8) is 0 Å². The van der Waals surface area contributed by atoms with Crippen LogP contribution in [0.25, 0.3) is 0 Å². The number of rotatable bonds is 8. The minimum Gasteiger partial charge on any atom is -0.506 e. The Labute approximate surface area is 234 Å². The number of hydrogen-bond donors (Lipinski definition) is 5. The molecule has 178 valence electrons. The molecule has 3 aromatic carbocycles. The third-order valence-corrected chi connectivity index (χ3v) is 7.18. The molecule has 0 fully saturated rings. The minimum absolute atomic E-state index is 0.00421. The van der Waals surface area contributed by atoms with Crippen LogP contribution in [0.5, 0.6) is 5.75 Å². The molecule has 1 atom stereocenters. The van der Waals surface area contributed by atoms with E-state index in [0.29, 0.717) is 34.1 Å². The molecule has 7 nitrogen and oxygen atoms in total. The van der Waals surface area contributed by atoms with Gasteiger partial charge >= 0.3 is 0 Å². The van der Waals surface area contributed by atoms with Gasteiger partial charge in [-0.1, -0.05) is 47.5 Å². The summed E-state index contributed by atoms with van der Waals surface area (Å²) in [5.74, 6) is 4.63. The van der Waals surface area contributed by atoms with Crippen LogP contribution in [-0.4, -0.2) is 23.0 Å². The number of nitrogens with two attached hydrogens (primary N) is 1. The maximum absolute atomic E-state index is 12.9. The Hall–Kier alpha value is -1.80. The molecule has 6 N–H and O–H groups in total. The summed E-state index contributed by atoms with van der Waals surface area (Å²) in [5, 5.41) is 16.8. The van der Waals surface area contributed by atoms with Gasteiger partial charge in [-0.2, -0.15) is 0 Å². The zero-order valence-electron chi connectivity index (χ0n) is 17.5. The molecule has 0 bridgehead atoms. The molecule has 0 saturated heterocycles. The van der Waals surface area contributed by atoms with Crippen molar-refractivity contribution in [2.24, 2.45) is 5.84 Å². The number of hydrogen-bond acceptors (Lipinski definition) is 5. The Kier molecular flexibility index (Phi) is 9.65. The lowest BCUT2D eigenvalue weighted by Gasteiger charge is -2.19. The summed E-state index contributed by atoms with van der Waals surface area (Å²) in [4.78, 5) is 25.3. The summed E-state index contributed by atoms with van der Waals surface area (Å²) < 4.78 is 1.30. The van der Waals surface area contributed by atoms with E-state index in [4.69, 9.17) is 29.0 Å². The lowest BCUT2D eigenvalue weighted by atomic mass is 10.0. The van der Waals surface area contributed by atoms with Gasteiger partial charge in [-0.25, -0.2) is 5.84 Å². The van der Waals surface area contributed by atoms with E-state index in [1.165, 1.54) is 0 Å². The predicted octanol–water partition coefficient (Wildman–Crippen LogP) is 4.91. The maximum Gasteiger partial charge on any atom is 0.256 e. The average Bonchev–Trinajstić information content (AvgIpc) is 2.80. The van der Waals surface area contributed by atoms with Crippen molar-refractivity contribution < 1.29 is 14.7 Å². The lowest BCUT2D eigenvalue weighted by molar-refractivity contribution is -0.128. The van der Waals surface area contributed by atoms with Crippen molar-refractivity contribution in [1.82, 2.24) is 10.7 Å². The largest absolute Gasteiger partial charge is 0.506 e. The first-order chi connectivity index (χ1) is 16.2. The highest BCUT2D eigenvalue weighted by atomic mass is 127. The van der Waals surface area contributed by atoms with Gasteiger partial charge in [0, 0.05) is 12.1 Å². The van der Waals surface area contributed by atoms with Gasteiger partial charge in [0.2, 0.25) is 5.91 Å². The van der Waals surface area contributed by atoms with Crippen molar-refractivity contribution >= 4 is 91.6 Å². The third-order valence-electron chi connectivity index (χ3n) is 4.90. The van der Waals surface area contributed by atoms with E-state index in [1.807, 2.05) is 63.4 Å². The number of aromatic hydroxyl groups is 1. The van der Waals surface area contributed by atoms with Gasteiger partial charge in [-0.15, -0.1) is 0 Å². The average molecular weight is 725 g/mol. The van der Waals surface area contributed by atoms with E-state index < -0.39 is 11.9 Å². The number of anilines is 2. The van der Waals surface area contributed by atoms with E-state index in [-0.39, 0.29) is 24.5 Å². The zero-order chi connectivity index (χ0) is 24.8. The van der Waals surface area contributed by atoms with Gasteiger partial charge in [0.15, 0.2) is 0 Å². The summed E-state index contributed by atoms with van der Waals surface area (Å²) in [7, 11) is 0. The first kappa shape index (κ1) is 26.8. The Morgan fingerprint density at radius 1 is 1.00 bits per heavy atom. The Balaban J connectivity index is 1.77. The molecule has 0 spiro atoms. The van der Waals surface area contributed by atoms with Crippen LogP contribution in [0.1, 0.15) is 11.1 Å². The van der Waals surface area contributed by atoms with E-state index in [1.54, 1.807) is 36.4 Å². The second-order valence-electron chi connectivity index (χ2n) is 7.30. The van der Waals surface area contributed by atoms with Crippen LogP contribution in [-0.2, 0) is 22.4 Å². The zero-order valence-corrected chi connectivity index (χ0v) is 23.4. The highest BCUT2D eigenvalue weighted by Gasteiger charge is 2.22. The number of carbonyl (C=O) groups is 2. The molecular weight excluding hydrogens is 705 g/mol. The molecule has 2 amide bonds. The van der Waals surface area contributed by atoms with Crippen molar-refractivity contribution in [1.29, 1.82) is 0 Å². The molecule has 0 aliphatic heterocycles. The van der Waals surface area contributed by atoms with E-state index >= 15 is 0 Å². The van der Waals surface area contributed by atoms with Gasteiger partial charge in [0.05, 0.1) is 29.3 Å². The minimum atomic E-state index is -0.897. The number of carbonyl (C=O) groups excluding carboxylic acids is 2. The number of nitrogens with one attached hydrogen (secondary N) is 3. The highest BCUT2D eigenvalue weighted by molar-refractivity contribution is 14.1. The van der Waals surface area contributed by atoms with Crippen LogP contribution in [0.2, 0.25) is 10.0 Å². The quantitative estimate of drug-likeness (QED) is 0.0981. The molecule has 0 aromatic heterocycles. The van der Waals surface area contributed by atoms with Crippen molar-refractivity contribution in [2.75, 3.05) is 5.32 Å². The van der Waals surface area contributed by atoms with Crippen molar-refractivity contribution in [2.45, 2.75) is 18.9 Å². The fourth-order valence-corrected chi connectivity index (χ4v) is 5.64.